The largest absolute Gasteiger partial charge is 0.213 e. The summed E-state index contributed by atoms with van der Waals surface area (Å²) < 4.78 is 2.34. The van der Waals surface area contributed by atoms with Gasteiger partial charge in [-0.2, -0.15) is 4.57 Å². The molecule has 0 unspecified atom stereocenters. The molecular formula is C21H24N+. The van der Waals surface area contributed by atoms with Crippen LogP contribution >= 0.6 is 0 Å². The van der Waals surface area contributed by atoms with Gasteiger partial charge < -0.3 is 0 Å². The van der Waals surface area contributed by atoms with Crippen LogP contribution in [0.3, 0.4) is 0 Å². The molecule has 1 nitrogen and oxygen atoms in total. The van der Waals surface area contributed by atoms with E-state index in [2.05, 4.69) is 93.0 Å². The van der Waals surface area contributed by atoms with Crippen molar-refractivity contribution < 1.29 is 4.57 Å². The highest BCUT2D eigenvalue weighted by molar-refractivity contribution is 5.92. The van der Waals surface area contributed by atoms with E-state index < -0.39 is 0 Å². The molecule has 3 rings (SSSR count). The Kier molecular flexibility index (Phi) is 3.74. The van der Waals surface area contributed by atoms with Gasteiger partial charge in [0.25, 0.3) is 0 Å². The summed E-state index contributed by atoms with van der Waals surface area (Å²) in [6.07, 6.45) is 1.06. The smallest absolute Gasteiger partial charge is 0.198 e. The number of para-hydroxylation sites is 1. The van der Waals surface area contributed by atoms with Gasteiger partial charge in [-0.3, -0.25) is 0 Å². The Bertz CT molecular complexity index is 795. The van der Waals surface area contributed by atoms with E-state index in [4.69, 9.17) is 0 Å². The first-order valence-corrected chi connectivity index (χ1v) is 7.92. The third kappa shape index (κ3) is 2.89. The van der Waals surface area contributed by atoms with Crippen LogP contribution in [0.25, 0.3) is 22.0 Å². The van der Waals surface area contributed by atoms with E-state index in [0.717, 1.165) is 6.42 Å². The first-order valence-electron chi connectivity index (χ1n) is 7.92. The van der Waals surface area contributed by atoms with Crippen LogP contribution in [-0.2, 0) is 13.5 Å². The Morgan fingerprint density at radius 2 is 1.50 bits per heavy atom. The molecule has 0 fully saturated rings. The summed E-state index contributed by atoms with van der Waals surface area (Å²) in [7, 11) is 2.18. The van der Waals surface area contributed by atoms with E-state index in [-0.39, 0.29) is 5.41 Å². The fraction of sp³-hybridized carbons (Fsp3) is 0.286. The van der Waals surface area contributed by atoms with Gasteiger partial charge in [-0.1, -0.05) is 63.2 Å². The molecule has 0 aliphatic heterocycles. The lowest BCUT2D eigenvalue weighted by Crippen LogP contribution is -2.36. The number of rotatable bonds is 2. The molecule has 0 spiro atoms. The Balaban J connectivity index is 2.29. The molecule has 0 atom stereocenters. The highest BCUT2D eigenvalue weighted by Gasteiger charge is 2.22. The lowest BCUT2D eigenvalue weighted by Gasteiger charge is -2.18. The third-order valence-corrected chi connectivity index (χ3v) is 4.09. The topological polar surface area (TPSA) is 3.88 Å². The fourth-order valence-corrected chi connectivity index (χ4v) is 3.06. The molecule has 0 amide bonds. The van der Waals surface area contributed by atoms with Crippen LogP contribution in [0.15, 0.2) is 60.7 Å². The molecule has 3 aromatic rings. The highest BCUT2D eigenvalue weighted by atomic mass is 14.9. The van der Waals surface area contributed by atoms with E-state index in [0.29, 0.717) is 0 Å². The van der Waals surface area contributed by atoms with Crippen LogP contribution in [-0.4, -0.2) is 0 Å². The number of fused-ring (bicyclic) bond motifs is 1. The quantitative estimate of drug-likeness (QED) is 0.590. The van der Waals surface area contributed by atoms with E-state index in [1.165, 1.54) is 27.7 Å². The van der Waals surface area contributed by atoms with Crippen molar-refractivity contribution in [3.63, 3.8) is 0 Å². The standard InChI is InChI=1S/C21H24N/c1-21(2,3)15-17-14-19(16-10-6-5-7-11-16)18-12-8-9-13-20(18)22(17)4/h5-14H,15H2,1-4H3/q+1. The number of pyridine rings is 1. The first-order chi connectivity index (χ1) is 10.5. The van der Waals surface area contributed by atoms with Crippen molar-refractivity contribution >= 4 is 10.9 Å². The highest BCUT2D eigenvalue weighted by Crippen LogP contribution is 2.29. The van der Waals surface area contributed by atoms with Crippen molar-refractivity contribution in [1.82, 2.24) is 0 Å². The van der Waals surface area contributed by atoms with Gasteiger partial charge in [0.2, 0.25) is 5.52 Å². The van der Waals surface area contributed by atoms with Crippen molar-refractivity contribution in [2.45, 2.75) is 27.2 Å². The maximum atomic E-state index is 2.36. The molecule has 0 saturated carbocycles. The second kappa shape index (κ2) is 5.57. The molecule has 0 aliphatic carbocycles. The maximum absolute atomic E-state index is 2.36. The summed E-state index contributed by atoms with van der Waals surface area (Å²) in [5.74, 6) is 0. The predicted molar refractivity (Wildman–Crippen MR) is 93.7 cm³/mol. The molecule has 112 valence electrons. The lowest BCUT2D eigenvalue weighted by molar-refractivity contribution is -0.653. The van der Waals surface area contributed by atoms with Crippen molar-refractivity contribution in [1.29, 1.82) is 0 Å². The van der Waals surface area contributed by atoms with E-state index in [1.807, 2.05) is 0 Å². The summed E-state index contributed by atoms with van der Waals surface area (Å²) in [4.78, 5) is 0. The Morgan fingerprint density at radius 3 is 2.18 bits per heavy atom. The number of aryl methyl sites for hydroxylation is 1. The summed E-state index contributed by atoms with van der Waals surface area (Å²) in [5.41, 5.74) is 5.56. The first kappa shape index (κ1) is 14.8. The minimum Gasteiger partial charge on any atom is -0.198 e. The summed E-state index contributed by atoms with van der Waals surface area (Å²) in [5, 5.41) is 1.31. The second-order valence-electron chi connectivity index (χ2n) is 7.23. The minimum absolute atomic E-state index is 0.272. The second-order valence-corrected chi connectivity index (χ2v) is 7.23. The van der Waals surface area contributed by atoms with Gasteiger partial charge in [-0.05, 0) is 17.0 Å². The van der Waals surface area contributed by atoms with E-state index in [1.54, 1.807) is 0 Å². The SMILES string of the molecule is C[n+]1c(CC(C)(C)C)cc(-c2ccccc2)c2ccccc21. The Hall–Kier alpha value is -2.15. The zero-order valence-electron chi connectivity index (χ0n) is 13.9. The van der Waals surface area contributed by atoms with E-state index >= 15 is 0 Å². The number of hydrogen-bond acceptors (Lipinski definition) is 0. The van der Waals surface area contributed by atoms with Crippen LogP contribution in [0.5, 0.6) is 0 Å². The number of hydrogen-bond donors (Lipinski definition) is 0. The zero-order chi connectivity index (χ0) is 15.7. The molecule has 0 saturated heterocycles. The summed E-state index contributed by atoms with van der Waals surface area (Å²) in [6, 6.07) is 21.7. The molecule has 1 heterocycles. The van der Waals surface area contributed by atoms with Crippen LogP contribution in [0, 0.1) is 5.41 Å². The van der Waals surface area contributed by atoms with Crippen molar-refractivity contribution in [3.8, 4) is 11.1 Å². The predicted octanol–water partition coefficient (Wildman–Crippen LogP) is 4.92. The van der Waals surface area contributed by atoms with Gasteiger partial charge in [-0.15, -0.1) is 0 Å². The molecule has 0 aliphatic rings. The van der Waals surface area contributed by atoms with Gasteiger partial charge in [0, 0.05) is 24.1 Å². The van der Waals surface area contributed by atoms with Crippen LogP contribution in [0.4, 0.5) is 0 Å². The molecule has 0 radical (unpaired) electrons. The fourth-order valence-electron chi connectivity index (χ4n) is 3.06. The molecule has 22 heavy (non-hydrogen) atoms. The molecular weight excluding hydrogens is 266 g/mol. The van der Waals surface area contributed by atoms with Crippen LogP contribution < -0.4 is 4.57 Å². The van der Waals surface area contributed by atoms with Crippen molar-refractivity contribution in [3.05, 3.63) is 66.4 Å². The van der Waals surface area contributed by atoms with Crippen LogP contribution in [0.2, 0.25) is 0 Å². The van der Waals surface area contributed by atoms with Gasteiger partial charge >= 0.3 is 0 Å². The lowest BCUT2D eigenvalue weighted by atomic mass is 9.88. The van der Waals surface area contributed by atoms with Crippen molar-refractivity contribution in [2.24, 2.45) is 12.5 Å². The number of aromatic nitrogens is 1. The molecule has 2 aromatic carbocycles. The maximum Gasteiger partial charge on any atom is 0.213 e. The number of nitrogens with zero attached hydrogens (tertiary/aromatic N) is 1. The summed E-state index contributed by atoms with van der Waals surface area (Å²) >= 11 is 0. The van der Waals surface area contributed by atoms with Crippen molar-refractivity contribution in [2.75, 3.05) is 0 Å². The third-order valence-electron chi connectivity index (χ3n) is 4.09. The number of benzene rings is 2. The zero-order valence-corrected chi connectivity index (χ0v) is 13.9. The molecule has 0 N–H and O–H groups in total. The van der Waals surface area contributed by atoms with Crippen LogP contribution in [0.1, 0.15) is 26.5 Å². The Labute approximate surface area is 133 Å². The molecule has 0 bridgehead atoms. The van der Waals surface area contributed by atoms with E-state index in [9.17, 15) is 0 Å². The minimum atomic E-state index is 0.272. The van der Waals surface area contributed by atoms with Gasteiger partial charge in [-0.25, -0.2) is 0 Å². The summed E-state index contributed by atoms with van der Waals surface area (Å²) in [6.45, 7) is 6.89. The monoisotopic (exact) mass is 290 g/mol. The Morgan fingerprint density at radius 1 is 0.864 bits per heavy atom. The average molecular weight is 290 g/mol. The van der Waals surface area contributed by atoms with Gasteiger partial charge in [0.1, 0.15) is 7.05 Å². The molecule has 1 aromatic heterocycles. The van der Waals surface area contributed by atoms with Gasteiger partial charge in [0.05, 0.1) is 5.39 Å². The van der Waals surface area contributed by atoms with Gasteiger partial charge in [0.15, 0.2) is 5.69 Å². The average Bonchev–Trinajstić information content (AvgIpc) is 2.50. The molecule has 1 heteroatoms. The normalized spacial score (nSPS) is 11.8.